The van der Waals surface area contributed by atoms with Crippen LogP contribution in [0.25, 0.3) is 10.2 Å². The van der Waals surface area contributed by atoms with Gasteiger partial charge in [-0.05, 0) is 44.4 Å². The van der Waals surface area contributed by atoms with Crippen LogP contribution in [0.15, 0.2) is 36.4 Å². The number of ether oxygens (including phenoxy) is 2. The number of rotatable bonds is 8. The molecule has 1 amide bonds. The Balaban J connectivity index is 1.80. The fraction of sp³-hybridized carbons (Fsp3) is 0.300. The van der Waals surface area contributed by atoms with E-state index in [9.17, 15) is 13.6 Å². The summed E-state index contributed by atoms with van der Waals surface area (Å²) in [4.78, 5) is 20.4. The number of thiazole rings is 1. The predicted octanol–water partition coefficient (Wildman–Crippen LogP) is 3.56. The van der Waals surface area contributed by atoms with Gasteiger partial charge in [-0.3, -0.25) is 9.69 Å². The summed E-state index contributed by atoms with van der Waals surface area (Å²) >= 11 is 1.06. The maximum absolute atomic E-state index is 14.0. The van der Waals surface area contributed by atoms with Gasteiger partial charge in [-0.25, -0.2) is 13.8 Å². The summed E-state index contributed by atoms with van der Waals surface area (Å²) in [7, 11) is 5.32. The normalized spacial score (nSPS) is 11.1. The van der Waals surface area contributed by atoms with Crippen molar-refractivity contribution in [3.63, 3.8) is 0 Å². The summed E-state index contributed by atoms with van der Waals surface area (Å²) in [6.45, 7) is 0.690. The van der Waals surface area contributed by atoms with Gasteiger partial charge < -0.3 is 14.4 Å². The molecular formula is C20H21F2N3O3S. The SMILES string of the molecule is COc1ccc(OCC(=O)N(CCN(C)C)c2nc3c(F)cc(F)cc3s2)cc1. The molecule has 29 heavy (non-hydrogen) atoms. The third-order valence-corrected chi connectivity index (χ3v) is 5.15. The molecule has 0 fully saturated rings. The zero-order valence-corrected chi connectivity index (χ0v) is 17.1. The first-order valence-electron chi connectivity index (χ1n) is 8.85. The second kappa shape index (κ2) is 9.15. The highest BCUT2D eigenvalue weighted by Crippen LogP contribution is 2.31. The predicted molar refractivity (Wildman–Crippen MR) is 109 cm³/mol. The van der Waals surface area contributed by atoms with E-state index in [0.717, 1.165) is 17.4 Å². The molecule has 154 valence electrons. The Hall–Kier alpha value is -2.78. The van der Waals surface area contributed by atoms with Gasteiger partial charge in [0.15, 0.2) is 17.6 Å². The minimum Gasteiger partial charge on any atom is -0.497 e. The third-order valence-electron chi connectivity index (χ3n) is 4.13. The molecule has 1 heterocycles. The van der Waals surface area contributed by atoms with E-state index < -0.39 is 11.6 Å². The number of carbonyl (C=O) groups is 1. The zero-order valence-electron chi connectivity index (χ0n) is 16.3. The number of halogens is 2. The van der Waals surface area contributed by atoms with E-state index in [1.54, 1.807) is 31.4 Å². The average Bonchev–Trinajstić information content (AvgIpc) is 3.10. The van der Waals surface area contributed by atoms with Crippen LogP contribution in [-0.4, -0.2) is 56.7 Å². The minimum atomic E-state index is -0.753. The fourth-order valence-electron chi connectivity index (χ4n) is 2.58. The Labute approximate surface area is 171 Å². The Morgan fingerprint density at radius 3 is 2.45 bits per heavy atom. The monoisotopic (exact) mass is 421 g/mol. The van der Waals surface area contributed by atoms with Gasteiger partial charge in [0.05, 0.1) is 11.8 Å². The molecule has 2 aromatic carbocycles. The summed E-state index contributed by atoms with van der Waals surface area (Å²) in [6, 6.07) is 8.86. The molecule has 0 radical (unpaired) electrons. The van der Waals surface area contributed by atoms with Crippen LogP contribution in [0.3, 0.4) is 0 Å². The van der Waals surface area contributed by atoms with Crippen molar-refractivity contribution in [2.24, 2.45) is 0 Å². The van der Waals surface area contributed by atoms with Crippen molar-refractivity contribution in [3.8, 4) is 11.5 Å². The standard InChI is InChI=1S/C20H21F2N3O3S/c1-24(2)8-9-25(18(26)12-28-15-6-4-14(27-3)5-7-15)20-23-19-16(22)10-13(21)11-17(19)29-20/h4-7,10-11H,8-9,12H2,1-3H3. The lowest BCUT2D eigenvalue weighted by atomic mass is 10.3. The smallest absolute Gasteiger partial charge is 0.266 e. The summed E-state index contributed by atoms with van der Waals surface area (Å²) < 4.78 is 38.5. The molecule has 3 rings (SSSR count). The first-order valence-corrected chi connectivity index (χ1v) is 9.66. The highest BCUT2D eigenvalue weighted by molar-refractivity contribution is 7.22. The topological polar surface area (TPSA) is 54.9 Å². The highest BCUT2D eigenvalue weighted by atomic mass is 32.1. The van der Waals surface area contributed by atoms with Crippen LogP contribution in [0.1, 0.15) is 0 Å². The number of aromatic nitrogens is 1. The van der Waals surface area contributed by atoms with Crippen molar-refractivity contribution in [2.45, 2.75) is 0 Å². The molecule has 0 bridgehead atoms. The molecule has 6 nitrogen and oxygen atoms in total. The molecule has 3 aromatic rings. The van der Waals surface area contributed by atoms with E-state index >= 15 is 0 Å². The lowest BCUT2D eigenvalue weighted by Crippen LogP contribution is -2.39. The van der Waals surface area contributed by atoms with Crippen molar-refractivity contribution in [1.82, 2.24) is 9.88 Å². The quantitative estimate of drug-likeness (QED) is 0.557. The van der Waals surface area contributed by atoms with E-state index in [1.165, 1.54) is 11.0 Å². The highest BCUT2D eigenvalue weighted by Gasteiger charge is 2.22. The van der Waals surface area contributed by atoms with Crippen LogP contribution < -0.4 is 14.4 Å². The van der Waals surface area contributed by atoms with Crippen LogP contribution in [-0.2, 0) is 4.79 Å². The van der Waals surface area contributed by atoms with Crippen molar-refractivity contribution < 1.29 is 23.0 Å². The summed E-state index contributed by atoms with van der Waals surface area (Å²) in [6.07, 6.45) is 0. The van der Waals surface area contributed by atoms with Gasteiger partial charge in [-0.1, -0.05) is 11.3 Å². The Bertz CT molecular complexity index is 993. The van der Waals surface area contributed by atoms with Gasteiger partial charge >= 0.3 is 0 Å². The Kier molecular flexibility index (Phi) is 6.60. The first kappa shape index (κ1) is 20.9. The molecule has 0 aliphatic carbocycles. The van der Waals surface area contributed by atoms with E-state index in [2.05, 4.69) is 4.98 Å². The molecule has 0 saturated carbocycles. The average molecular weight is 421 g/mol. The molecule has 0 aliphatic heterocycles. The second-order valence-corrected chi connectivity index (χ2v) is 7.55. The Morgan fingerprint density at radius 1 is 1.10 bits per heavy atom. The van der Waals surface area contributed by atoms with Crippen LogP contribution >= 0.6 is 11.3 Å². The molecule has 0 aliphatic rings. The Morgan fingerprint density at radius 2 is 1.79 bits per heavy atom. The van der Waals surface area contributed by atoms with Gasteiger partial charge in [-0.15, -0.1) is 0 Å². The second-order valence-electron chi connectivity index (χ2n) is 6.54. The molecule has 0 unspecified atom stereocenters. The number of anilines is 1. The fourth-order valence-corrected chi connectivity index (χ4v) is 3.63. The van der Waals surface area contributed by atoms with Crippen molar-refractivity contribution in [2.75, 3.05) is 45.8 Å². The zero-order chi connectivity index (χ0) is 21.0. The van der Waals surface area contributed by atoms with Crippen molar-refractivity contribution >= 4 is 32.6 Å². The molecule has 0 spiro atoms. The molecule has 0 atom stereocenters. The van der Waals surface area contributed by atoms with Crippen LogP contribution in [0.2, 0.25) is 0 Å². The van der Waals surface area contributed by atoms with E-state index in [1.807, 2.05) is 19.0 Å². The summed E-state index contributed by atoms with van der Waals surface area (Å²) in [5, 5.41) is 0.301. The van der Waals surface area contributed by atoms with E-state index in [0.29, 0.717) is 34.4 Å². The van der Waals surface area contributed by atoms with Crippen LogP contribution in [0.5, 0.6) is 11.5 Å². The molecular weight excluding hydrogens is 400 g/mol. The maximum Gasteiger partial charge on any atom is 0.266 e. The lowest BCUT2D eigenvalue weighted by molar-refractivity contribution is -0.120. The van der Waals surface area contributed by atoms with Crippen LogP contribution in [0.4, 0.5) is 13.9 Å². The van der Waals surface area contributed by atoms with Gasteiger partial charge in [0.2, 0.25) is 0 Å². The third kappa shape index (κ3) is 5.18. The van der Waals surface area contributed by atoms with Gasteiger partial charge in [0, 0.05) is 19.2 Å². The van der Waals surface area contributed by atoms with E-state index in [-0.39, 0.29) is 18.0 Å². The largest absolute Gasteiger partial charge is 0.497 e. The number of nitrogens with zero attached hydrogens (tertiary/aromatic N) is 3. The number of likely N-dealkylation sites (N-methyl/N-ethyl adjacent to an activating group) is 1. The van der Waals surface area contributed by atoms with E-state index in [4.69, 9.17) is 9.47 Å². The maximum atomic E-state index is 14.0. The number of benzene rings is 2. The number of hydrogen-bond donors (Lipinski definition) is 0. The number of hydrogen-bond acceptors (Lipinski definition) is 6. The number of methoxy groups -OCH3 is 1. The van der Waals surface area contributed by atoms with Crippen molar-refractivity contribution in [1.29, 1.82) is 0 Å². The van der Waals surface area contributed by atoms with Crippen molar-refractivity contribution in [3.05, 3.63) is 48.0 Å². The van der Waals surface area contributed by atoms with Crippen LogP contribution in [0, 0.1) is 11.6 Å². The number of amides is 1. The van der Waals surface area contributed by atoms with Gasteiger partial charge in [0.25, 0.3) is 5.91 Å². The minimum absolute atomic E-state index is 0.0464. The molecule has 1 aromatic heterocycles. The lowest BCUT2D eigenvalue weighted by Gasteiger charge is -2.22. The summed E-state index contributed by atoms with van der Waals surface area (Å²) in [5.41, 5.74) is 0.0464. The molecule has 0 N–H and O–H groups in total. The molecule has 9 heteroatoms. The number of fused-ring (bicyclic) bond motifs is 1. The van der Waals surface area contributed by atoms with Gasteiger partial charge in [0.1, 0.15) is 22.8 Å². The van der Waals surface area contributed by atoms with Gasteiger partial charge in [-0.2, -0.15) is 0 Å². The molecule has 0 saturated heterocycles. The number of carbonyl (C=O) groups excluding carboxylic acids is 1. The first-order chi connectivity index (χ1) is 13.9. The summed E-state index contributed by atoms with van der Waals surface area (Å²) in [5.74, 6) is -0.567.